The number of amides is 1. The zero-order chi connectivity index (χ0) is 16.1. The molecule has 0 unspecified atom stereocenters. The second-order valence-corrected chi connectivity index (χ2v) is 6.38. The van der Waals surface area contributed by atoms with E-state index in [0.29, 0.717) is 0 Å². The van der Waals surface area contributed by atoms with E-state index in [0.717, 1.165) is 57.9 Å². The van der Waals surface area contributed by atoms with Gasteiger partial charge in [-0.1, -0.05) is 6.07 Å². The number of pyridine rings is 1. The maximum absolute atomic E-state index is 11.9. The highest BCUT2D eigenvalue weighted by atomic mass is 16.5. The van der Waals surface area contributed by atoms with E-state index in [2.05, 4.69) is 16.0 Å². The van der Waals surface area contributed by atoms with Crippen molar-refractivity contribution in [2.45, 2.75) is 25.0 Å². The summed E-state index contributed by atoms with van der Waals surface area (Å²) in [6.07, 6.45) is 3.62. The van der Waals surface area contributed by atoms with Crippen LogP contribution in [-0.2, 0) is 20.8 Å². The average Bonchev–Trinajstić information content (AvgIpc) is 2.57. The van der Waals surface area contributed by atoms with Crippen molar-refractivity contribution in [3.05, 3.63) is 30.1 Å². The molecule has 0 atom stereocenters. The Balaban J connectivity index is 1.55. The summed E-state index contributed by atoms with van der Waals surface area (Å²) < 4.78 is 11.1. The number of aromatic nitrogens is 1. The molecule has 0 bridgehead atoms. The molecule has 1 aromatic rings. The predicted octanol–water partition coefficient (Wildman–Crippen LogP) is 0.921. The summed E-state index contributed by atoms with van der Waals surface area (Å²) in [6, 6.07) is 6.03. The fourth-order valence-electron chi connectivity index (χ4n) is 3.46. The van der Waals surface area contributed by atoms with Crippen molar-refractivity contribution in [3.8, 4) is 0 Å². The molecule has 6 heteroatoms. The Hall–Kier alpha value is -1.50. The van der Waals surface area contributed by atoms with Crippen LogP contribution in [0.5, 0.6) is 0 Å². The van der Waals surface area contributed by atoms with Crippen LogP contribution in [-0.4, -0.2) is 72.8 Å². The van der Waals surface area contributed by atoms with Crippen molar-refractivity contribution < 1.29 is 14.3 Å². The van der Waals surface area contributed by atoms with Crippen LogP contribution in [0.1, 0.15) is 18.5 Å². The highest BCUT2D eigenvalue weighted by Gasteiger charge is 2.40. The van der Waals surface area contributed by atoms with Crippen molar-refractivity contribution >= 4 is 5.91 Å². The molecule has 1 amide bonds. The molecule has 0 aliphatic carbocycles. The van der Waals surface area contributed by atoms with Gasteiger partial charge in [0, 0.05) is 46.0 Å². The first-order valence-electron chi connectivity index (χ1n) is 8.24. The fraction of sp³-hybridized carbons (Fsp3) is 0.647. The predicted molar refractivity (Wildman–Crippen MR) is 85.9 cm³/mol. The summed E-state index contributed by atoms with van der Waals surface area (Å²) in [5, 5.41) is 0. The lowest BCUT2D eigenvalue weighted by atomic mass is 9.89. The zero-order valence-corrected chi connectivity index (χ0v) is 13.7. The van der Waals surface area contributed by atoms with E-state index in [1.165, 1.54) is 0 Å². The van der Waals surface area contributed by atoms with Crippen LogP contribution in [0.3, 0.4) is 0 Å². The van der Waals surface area contributed by atoms with E-state index in [1.807, 2.05) is 23.2 Å². The molecule has 126 valence electrons. The van der Waals surface area contributed by atoms with Crippen LogP contribution in [0.25, 0.3) is 0 Å². The van der Waals surface area contributed by atoms with Gasteiger partial charge in [0.25, 0.3) is 0 Å². The van der Waals surface area contributed by atoms with E-state index < -0.39 is 0 Å². The fourth-order valence-corrected chi connectivity index (χ4v) is 3.46. The number of carbonyl (C=O) groups excluding carboxylic acids is 1. The van der Waals surface area contributed by atoms with E-state index in [-0.39, 0.29) is 18.1 Å². The number of likely N-dealkylation sites (tertiary alicyclic amines) is 1. The maximum Gasteiger partial charge on any atom is 0.248 e. The third-order valence-electron chi connectivity index (χ3n) is 4.73. The maximum atomic E-state index is 11.9. The Kier molecular flexibility index (Phi) is 5.25. The van der Waals surface area contributed by atoms with Gasteiger partial charge in [0.2, 0.25) is 5.91 Å². The topological polar surface area (TPSA) is 54.9 Å². The number of ether oxygens (including phenoxy) is 2. The molecule has 2 saturated heterocycles. The van der Waals surface area contributed by atoms with E-state index in [9.17, 15) is 4.79 Å². The lowest BCUT2D eigenvalue weighted by molar-refractivity contribution is -0.153. The molecular weight excluding hydrogens is 294 g/mol. The Morgan fingerprint density at radius 3 is 2.87 bits per heavy atom. The quantitative estimate of drug-likeness (QED) is 0.826. The molecule has 1 aromatic heterocycles. The first-order chi connectivity index (χ1) is 11.2. The number of nitrogens with zero attached hydrogens (tertiary/aromatic N) is 3. The first kappa shape index (κ1) is 16.4. The number of hydrogen-bond acceptors (Lipinski definition) is 5. The number of rotatable bonds is 4. The second kappa shape index (κ2) is 7.38. The molecule has 0 aromatic carbocycles. The molecule has 0 N–H and O–H groups in total. The van der Waals surface area contributed by atoms with Crippen LogP contribution in [0.15, 0.2) is 24.4 Å². The Labute approximate surface area is 137 Å². The van der Waals surface area contributed by atoms with Gasteiger partial charge in [0.15, 0.2) is 0 Å². The highest BCUT2D eigenvalue weighted by Crippen LogP contribution is 2.30. The normalized spacial score (nSPS) is 21.5. The van der Waals surface area contributed by atoms with Gasteiger partial charge in [0.1, 0.15) is 6.61 Å². The highest BCUT2D eigenvalue weighted by molar-refractivity contribution is 5.77. The first-order valence-corrected chi connectivity index (χ1v) is 8.24. The monoisotopic (exact) mass is 319 g/mol. The van der Waals surface area contributed by atoms with Gasteiger partial charge < -0.3 is 14.4 Å². The smallest absolute Gasteiger partial charge is 0.248 e. The van der Waals surface area contributed by atoms with Crippen LogP contribution in [0, 0.1) is 0 Å². The lowest BCUT2D eigenvalue weighted by Crippen LogP contribution is -2.57. The molecule has 0 radical (unpaired) electrons. The summed E-state index contributed by atoms with van der Waals surface area (Å²) >= 11 is 0. The summed E-state index contributed by atoms with van der Waals surface area (Å²) in [5.74, 6) is 0.0727. The van der Waals surface area contributed by atoms with Gasteiger partial charge in [-0.3, -0.25) is 14.7 Å². The summed E-state index contributed by atoms with van der Waals surface area (Å²) in [4.78, 5) is 20.6. The minimum absolute atomic E-state index is 0.0727. The molecule has 2 aliphatic rings. The van der Waals surface area contributed by atoms with Crippen molar-refractivity contribution in [2.24, 2.45) is 0 Å². The van der Waals surface area contributed by atoms with Gasteiger partial charge in [0.05, 0.1) is 17.9 Å². The number of carbonyl (C=O) groups is 1. The molecule has 1 spiro atoms. The number of piperidine rings is 1. The Morgan fingerprint density at radius 1 is 1.35 bits per heavy atom. The molecular formula is C17H25N3O3. The van der Waals surface area contributed by atoms with E-state index >= 15 is 0 Å². The molecule has 23 heavy (non-hydrogen) atoms. The van der Waals surface area contributed by atoms with Gasteiger partial charge >= 0.3 is 0 Å². The van der Waals surface area contributed by atoms with Gasteiger partial charge in [-0.05, 0) is 25.0 Å². The third kappa shape index (κ3) is 4.07. The van der Waals surface area contributed by atoms with Crippen LogP contribution < -0.4 is 0 Å². The van der Waals surface area contributed by atoms with Gasteiger partial charge in [-0.2, -0.15) is 0 Å². The Bertz CT molecular complexity index is 515. The van der Waals surface area contributed by atoms with E-state index in [4.69, 9.17) is 9.47 Å². The van der Waals surface area contributed by atoms with Crippen molar-refractivity contribution in [3.63, 3.8) is 0 Å². The van der Waals surface area contributed by atoms with Crippen LogP contribution >= 0.6 is 0 Å². The lowest BCUT2D eigenvalue weighted by Gasteiger charge is -2.47. The second-order valence-electron chi connectivity index (χ2n) is 6.38. The molecule has 2 fully saturated rings. The number of morpholine rings is 1. The molecule has 6 nitrogen and oxygen atoms in total. The van der Waals surface area contributed by atoms with Gasteiger partial charge in [-0.25, -0.2) is 0 Å². The van der Waals surface area contributed by atoms with Crippen molar-refractivity contribution in [2.75, 3.05) is 46.5 Å². The number of hydrogen-bond donors (Lipinski definition) is 0. The minimum atomic E-state index is -0.114. The van der Waals surface area contributed by atoms with Crippen molar-refractivity contribution in [1.82, 2.24) is 14.8 Å². The summed E-state index contributed by atoms with van der Waals surface area (Å²) in [5.41, 5.74) is 0.980. The SMILES string of the molecule is COCC(=O)N1CCC2(CC1)CN(Cc1ccccn1)CCO2. The standard InChI is InChI=1S/C17H25N3O3/c1-22-13-16(21)20-8-5-17(6-9-20)14-19(10-11-23-17)12-15-4-2-3-7-18-15/h2-4,7H,5-6,8-14H2,1H3. The summed E-state index contributed by atoms with van der Waals surface area (Å²) in [7, 11) is 1.56. The summed E-state index contributed by atoms with van der Waals surface area (Å²) in [6.45, 7) is 5.12. The average molecular weight is 319 g/mol. The van der Waals surface area contributed by atoms with E-state index in [1.54, 1.807) is 7.11 Å². The van der Waals surface area contributed by atoms with Crippen molar-refractivity contribution in [1.29, 1.82) is 0 Å². The molecule has 3 rings (SSSR count). The largest absolute Gasteiger partial charge is 0.375 e. The minimum Gasteiger partial charge on any atom is -0.375 e. The van der Waals surface area contributed by atoms with Gasteiger partial charge in [-0.15, -0.1) is 0 Å². The molecule has 0 saturated carbocycles. The van der Waals surface area contributed by atoms with Crippen LogP contribution in [0.4, 0.5) is 0 Å². The molecule has 3 heterocycles. The Morgan fingerprint density at radius 2 is 2.17 bits per heavy atom. The molecule has 2 aliphatic heterocycles. The third-order valence-corrected chi connectivity index (χ3v) is 4.73. The van der Waals surface area contributed by atoms with Crippen LogP contribution in [0.2, 0.25) is 0 Å². The zero-order valence-electron chi connectivity index (χ0n) is 13.7. The number of methoxy groups -OCH3 is 1.